The molecular formula is C49H34. The van der Waals surface area contributed by atoms with Crippen LogP contribution in [0.2, 0.25) is 0 Å². The van der Waals surface area contributed by atoms with Crippen LogP contribution in [0.15, 0.2) is 195 Å². The van der Waals surface area contributed by atoms with Gasteiger partial charge in [-0.2, -0.15) is 0 Å². The Balaban J connectivity index is 1.22. The zero-order valence-electron chi connectivity index (χ0n) is 27.2. The van der Waals surface area contributed by atoms with E-state index in [-0.39, 0.29) is 0 Å². The third kappa shape index (κ3) is 4.68. The Morgan fingerprint density at radius 2 is 0.959 bits per heavy atom. The molecule has 0 bridgehead atoms. The lowest BCUT2D eigenvalue weighted by Crippen LogP contribution is -2.28. The van der Waals surface area contributed by atoms with Gasteiger partial charge in [-0.1, -0.05) is 170 Å². The molecule has 0 radical (unpaired) electrons. The third-order valence-electron chi connectivity index (χ3n) is 10.3. The highest BCUT2D eigenvalue weighted by Crippen LogP contribution is 2.56. The van der Waals surface area contributed by atoms with Gasteiger partial charge >= 0.3 is 0 Å². The summed E-state index contributed by atoms with van der Waals surface area (Å²) in [4.78, 5) is 0. The minimum atomic E-state index is -0.417. The number of benzene rings is 8. The van der Waals surface area contributed by atoms with Crippen LogP contribution in [-0.4, -0.2) is 0 Å². The van der Waals surface area contributed by atoms with E-state index < -0.39 is 5.41 Å². The van der Waals surface area contributed by atoms with E-state index in [9.17, 15) is 0 Å². The van der Waals surface area contributed by atoms with Crippen LogP contribution < -0.4 is 0 Å². The van der Waals surface area contributed by atoms with E-state index in [0.717, 1.165) is 0 Å². The summed E-state index contributed by atoms with van der Waals surface area (Å²) in [6.45, 7) is 3.91. The van der Waals surface area contributed by atoms with Gasteiger partial charge in [0, 0.05) is 0 Å². The van der Waals surface area contributed by atoms with Crippen LogP contribution in [0.25, 0.3) is 61.0 Å². The average Bonchev–Trinajstić information content (AvgIpc) is 3.47. The third-order valence-corrected chi connectivity index (χ3v) is 10.3. The van der Waals surface area contributed by atoms with Crippen LogP contribution in [0.3, 0.4) is 0 Å². The van der Waals surface area contributed by atoms with Crippen LogP contribution in [0.4, 0.5) is 0 Å². The molecule has 0 fully saturated rings. The maximum absolute atomic E-state index is 3.91. The molecule has 0 nitrogen and oxygen atoms in total. The van der Waals surface area contributed by atoms with Gasteiger partial charge in [-0.25, -0.2) is 0 Å². The van der Waals surface area contributed by atoms with Crippen molar-refractivity contribution >= 4 is 27.6 Å². The van der Waals surface area contributed by atoms with Gasteiger partial charge in [0.25, 0.3) is 0 Å². The summed E-state index contributed by atoms with van der Waals surface area (Å²) in [5.41, 5.74) is 13.4. The fourth-order valence-electron chi connectivity index (χ4n) is 8.04. The summed E-state index contributed by atoms with van der Waals surface area (Å²) in [7, 11) is 0. The number of hydrogen-bond donors (Lipinski definition) is 0. The lowest BCUT2D eigenvalue weighted by molar-refractivity contribution is 0.769. The van der Waals surface area contributed by atoms with Crippen molar-refractivity contribution in [2.75, 3.05) is 0 Å². The topological polar surface area (TPSA) is 0 Å². The molecule has 0 spiro atoms. The Labute approximate surface area is 288 Å². The first-order chi connectivity index (χ1) is 24.2. The molecule has 9 rings (SSSR count). The molecule has 0 heterocycles. The standard InChI is InChI=1S/C49H34/c1-2-3-14-39-29-35-15-10-11-16-36(35)32-46(39)40-26-24-34-23-25-37(30-41(34)31-40)38-27-28-45-44-21-12-13-22-47(44)49(48(45)33-38,42-17-6-4-7-18-42)43-19-8-5-9-20-43/h2-33H,1H2/b14-3-. The molecular weight excluding hydrogens is 589 g/mol. The Morgan fingerprint density at radius 3 is 1.69 bits per heavy atom. The van der Waals surface area contributed by atoms with Gasteiger partial charge in [-0.05, 0) is 113 Å². The maximum Gasteiger partial charge on any atom is 0.0713 e. The largest absolute Gasteiger partial charge is 0.0991 e. The zero-order chi connectivity index (χ0) is 32.8. The maximum atomic E-state index is 3.91. The van der Waals surface area contributed by atoms with Crippen molar-refractivity contribution in [3.8, 4) is 33.4 Å². The van der Waals surface area contributed by atoms with E-state index in [1.165, 1.54) is 82.7 Å². The van der Waals surface area contributed by atoms with Crippen molar-refractivity contribution in [1.82, 2.24) is 0 Å². The Bertz CT molecular complexity index is 2510. The van der Waals surface area contributed by atoms with Gasteiger partial charge in [0.1, 0.15) is 0 Å². The number of fused-ring (bicyclic) bond motifs is 5. The minimum Gasteiger partial charge on any atom is -0.0991 e. The van der Waals surface area contributed by atoms with Crippen LogP contribution in [0.5, 0.6) is 0 Å². The molecule has 0 unspecified atom stereocenters. The average molecular weight is 623 g/mol. The van der Waals surface area contributed by atoms with Crippen LogP contribution >= 0.6 is 0 Å². The van der Waals surface area contributed by atoms with Crippen molar-refractivity contribution in [1.29, 1.82) is 0 Å². The second-order valence-electron chi connectivity index (χ2n) is 12.9. The highest BCUT2D eigenvalue weighted by Gasteiger charge is 2.46. The molecule has 0 heteroatoms. The second-order valence-corrected chi connectivity index (χ2v) is 12.9. The monoisotopic (exact) mass is 622 g/mol. The molecule has 0 amide bonds. The first kappa shape index (κ1) is 28.9. The van der Waals surface area contributed by atoms with Crippen LogP contribution in [0, 0.1) is 0 Å². The predicted molar refractivity (Wildman–Crippen MR) is 209 cm³/mol. The number of rotatable bonds is 6. The highest BCUT2D eigenvalue weighted by molar-refractivity contribution is 5.97. The van der Waals surface area contributed by atoms with Crippen molar-refractivity contribution in [3.05, 3.63) is 222 Å². The summed E-state index contributed by atoms with van der Waals surface area (Å²) in [5, 5.41) is 4.93. The second kappa shape index (κ2) is 11.8. The van der Waals surface area contributed by atoms with Crippen molar-refractivity contribution in [3.63, 3.8) is 0 Å². The first-order valence-corrected chi connectivity index (χ1v) is 17.0. The first-order valence-electron chi connectivity index (χ1n) is 17.0. The molecule has 0 atom stereocenters. The summed E-state index contributed by atoms with van der Waals surface area (Å²) in [6, 6.07) is 65.0. The minimum absolute atomic E-state index is 0.417. The summed E-state index contributed by atoms with van der Waals surface area (Å²) in [6.07, 6.45) is 6.01. The van der Waals surface area contributed by atoms with E-state index in [0.29, 0.717) is 0 Å². The summed E-state index contributed by atoms with van der Waals surface area (Å²) < 4.78 is 0. The predicted octanol–water partition coefficient (Wildman–Crippen LogP) is 12.9. The summed E-state index contributed by atoms with van der Waals surface area (Å²) >= 11 is 0. The SMILES string of the molecule is C=C/C=C\c1cc2ccccc2cc1-c1ccc2ccc(-c3ccc4c(c3)C(c3ccccc3)(c3ccccc3)c3ccccc3-4)cc2c1. The Morgan fingerprint density at radius 1 is 0.388 bits per heavy atom. The van der Waals surface area contributed by atoms with E-state index >= 15 is 0 Å². The zero-order valence-corrected chi connectivity index (χ0v) is 27.2. The van der Waals surface area contributed by atoms with Gasteiger partial charge in [-0.15, -0.1) is 0 Å². The van der Waals surface area contributed by atoms with E-state index in [2.05, 4.69) is 189 Å². The quantitative estimate of drug-likeness (QED) is 0.162. The molecule has 0 aliphatic heterocycles. The highest BCUT2D eigenvalue weighted by atomic mass is 14.5. The molecule has 0 saturated carbocycles. The molecule has 0 aromatic heterocycles. The molecule has 8 aromatic carbocycles. The van der Waals surface area contributed by atoms with Gasteiger partial charge in [0.15, 0.2) is 0 Å². The Hall–Kier alpha value is -6.24. The molecule has 230 valence electrons. The van der Waals surface area contributed by atoms with E-state index in [1.54, 1.807) is 0 Å². The van der Waals surface area contributed by atoms with Crippen molar-refractivity contribution in [2.45, 2.75) is 5.41 Å². The van der Waals surface area contributed by atoms with Crippen molar-refractivity contribution < 1.29 is 0 Å². The fraction of sp³-hybridized carbons (Fsp3) is 0.0204. The normalized spacial score (nSPS) is 13.1. The number of allylic oxidation sites excluding steroid dienone is 2. The molecule has 1 aliphatic rings. The lowest BCUT2D eigenvalue weighted by Gasteiger charge is -2.34. The van der Waals surface area contributed by atoms with E-state index in [4.69, 9.17) is 0 Å². The van der Waals surface area contributed by atoms with Gasteiger partial charge < -0.3 is 0 Å². The molecule has 8 aromatic rings. The smallest absolute Gasteiger partial charge is 0.0713 e. The fourth-order valence-corrected chi connectivity index (χ4v) is 8.04. The van der Waals surface area contributed by atoms with Gasteiger partial charge in [-0.3, -0.25) is 0 Å². The lowest BCUT2D eigenvalue weighted by atomic mass is 9.67. The number of hydrogen-bond acceptors (Lipinski definition) is 0. The van der Waals surface area contributed by atoms with Crippen LogP contribution in [0.1, 0.15) is 27.8 Å². The molecule has 1 aliphatic carbocycles. The molecule has 0 N–H and O–H groups in total. The van der Waals surface area contributed by atoms with Crippen LogP contribution in [-0.2, 0) is 5.41 Å². The van der Waals surface area contributed by atoms with Gasteiger partial charge in [0.05, 0.1) is 5.41 Å². The summed E-state index contributed by atoms with van der Waals surface area (Å²) in [5.74, 6) is 0. The van der Waals surface area contributed by atoms with Gasteiger partial charge in [0.2, 0.25) is 0 Å². The molecule has 0 saturated heterocycles. The van der Waals surface area contributed by atoms with E-state index in [1.807, 2.05) is 12.2 Å². The molecule has 49 heavy (non-hydrogen) atoms. The Kier molecular flexibility index (Phi) is 6.95. The van der Waals surface area contributed by atoms with Crippen molar-refractivity contribution in [2.24, 2.45) is 0 Å².